The zero-order valence-electron chi connectivity index (χ0n) is 18.3. The summed E-state index contributed by atoms with van der Waals surface area (Å²) in [7, 11) is 0. The van der Waals surface area contributed by atoms with Crippen LogP contribution in [0, 0.1) is 6.92 Å². The summed E-state index contributed by atoms with van der Waals surface area (Å²) >= 11 is 1.63. The largest absolute Gasteiger partial charge is 0.318 e. The molecule has 1 heterocycles. The number of fused-ring (bicyclic) bond motifs is 1. The third-order valence-electron chi connectivity index (χ3n) is 5.49. The predicted molar refractivity (Wildman–Crippen MR) is 132 cm³/mol. The van der Waals surface area contributed by atoms with Crippen LogP contribution < -0.4 is 10.6 Å². The number of anilines is 2. The number of aryl methyl sites for hydroxylation is 1. The predicted octanol–water partition coefficient (Wildman–Crippen LogP) is 6.36. The van der Waals surface area contributed by atoms with Crippen LogP contribution in [0.2, 0.25) is 0 Å². The van der Waals surface area contributed by atoms with Crippen LogP contribution in [0.1, 0.15) is 37.3 Å². The third-order valence-corrected chi connectivity index (χ3v) is 6.56. The minimum Gasteiger partial charge on any atom is -0.318 e. The fraction of sp³-hybridized carbons (Fsp3) is 0.192. The molecule has 0 spiro atoms. The highest BCUT2D eigenvalue weighted by molar-refractivity contribution is 7.21. The van der Waals surface area contributed by atoms with E-state index < -0.39 is 11.8 Å². The molecule has 3 aromatic carbocycles. The summed E-state index contributed by atoms with van der Waals surface area (Å²) in [5.41, 5.74) is 5.39. The zero-order chi connectivity index (χ0) is 22.7. The van der Waals surface area contributed by atoms with E-state index >= 15 is 0 Å². The zero-order valence-corrected chi connectivity index (χ0v) is 19.1. The molecule has 0 aliphatic carbocycles. The highest BCUT2D eigenvalue weighted by Crippen LogP contribution is 2.31. The minimum atomic E-state index is -0.702. The highest BCUT2D eigenvalue weighted by Gasteiger charge is 2.17. The average Bonchev–Trinajstić information content (AvgIpc) is 3.22. The molecule has 0 saturated carbocycles. The van der Waals surface area contributed by atoms with Gasteiger partial charge < -0.3 is 10.6 Å². The first-order valence-corrected chi connectivity index (χ1v) is 11.4. The van der Waals surface area contributed by atoms with Crippen molar-refractivity contribution in [2.45, 2.75) is 33.1 Å². The van der Waals surface area contributed by atoms with Gasteiger partial charge in [-0.1, -0.05) is 38.1 Å². The van der Waals surface area contributed by atoms with E-state index in [2.05, 4.69) is 48.5 Å². The molecule has 0 aliphatic rings. The summed E-state index contributed by atoms with van der Waals surface area (Å²) in [4.78, 5) is 29.6. The van der Waals surface area contributed by atoms with Crippen molar-refractivity contribution in [1.29, 1.82) is 0 Å². The number of para-hydroxylation sites is 1. The van der Waals surface area contributed by atoms with Gasteiger partial charge in [-0.15, -0.1) is 11.3 Å². The van der Waals surface area contributed by atoms with Crippen molar-refractivity contribution in [2.75, 3.05) is 10.6 Å². The molecule has 2 N–H and O–H groups in total. The van der Waals surface area contributed by atoms with Crippen LogP contribution in [0.5, 0.6) is 0 Å². The van der Waals surface area contributed by atoms with Crippen LogP contribution in [0.3, 0.4) is 0 Å². The van der Waals surface area contributed by atoms with Crippen LogP contribution in [-0.4, -0.2) is 16.8 Å². The van der Waals surface area contributed by atoms with Gasteiger partial charge in [0.05, 0.1) is 10.2 Å². The highest BCUT2D eigenvalue weighted by atomic mass is 32.1. The Morgan fingerprint density at radius 2 is 1.69 bits per heavy atom. The fourth-order valence-corrected chi connectivity index (χ4v) is 4.55. The summed E-state index contributed by atoms with van der Waals surface area (Å²) in [5.74, 6) is -1.10. The molecule has 5 nitrogen and oxygen atoms in total. The van der Waals surface area contributed by atoms with Crippen LogP contribution in [0.15, 0.2) is 66.7 Å². The van der Waals surface area contributed by atoms with Gasteiger partial charge in [-0.3, -0.25) is 9.59 Å². The second-order valence-corrected chi connectivity index (χ2v) is 8.90. The van der Waals surface area contributed by atoms with Crippen molar-refractivity contribution in [2.24, 2.45) is 0 Å². The molecule has 32 heavy (non-hydrogen) atoms. The van der Waals surface area contributed by atoms with E-state index in [0.717, 1.165) is 32.8 Å². The molecule has 6 heteroatoms. The number of nitrogens with zero attached hydrogens (tertiary/aromatic N) is 1. The van der Waals surface area contributed by atoms with Gasteiger partial charge in [0, 0.05) is 16.9 Å². The lowest BCUT2D eigenvalue weighted by Crippen LogP contribution is -2.29. The normalized spacial score (nSPS) is 11.8. The van der Waals surface area contributed by atoms with E-state index in [9.17, 15) is 9.59 Å². The molecular weight excluding hydrogens is 418 g/mol. The Bertz CT molecular complexity index is 1280. The van der Waals surface area contributed by atoms with Gasteiger partial charge >= 0.3 is 11.8 Å². The lowest BCUT2D eigenvalue weighted by atomic mass is 9.97. The molecular formula is C26H25N3O2S. The molecule has 0 radical (unpaired) electrons. The number of benzene rings is 3. The number of hydrogen-bond acceptors (Lipinski definition) is 4. The summed E-state index contributed by atoms with van der Waals surface area (Å²) < 4.78 is 1.15. The van der Waals surface area contributed by atoms with E-state index in [4.69, 9.17) is 0 Å². The molecule has 162 valence electrons. The number of thiazole rings is 1. The van der Waals surface area contributed by atoms with E-state index in [0.29, 0.717) is 11.4 Å². The Kier molecular flexibility index (Phi) is 6.32. The third kappa shape index (κ3) is 4.70. The molecule has 1 atom stereocenters. The maximum atomic E-state index is 12.5. The lowest BCUT2D eigenvalue weighted by Gasteiger charge is -2.15. The van der Waals surface area contributed by atoms with Crippen molar-refractivity contribution in [1.82, 2.24) is 4.98 Å². The second kappa shape index (κ2) is 9.32. The lowest BCUT2D eigenvalue weighted by molar-refractivity contribution is -0.133. The fourth-order valence-electron chi connectivity index (χ4n) is 3.48. The van der Waals surface area contributed by atoms with E-state index in [1.165, 1.54) is 5.56 Å². The van der Waals surface area contributed by atoms with Gasteiger partial charge in [0.15, 0.2) is 0 Å². The van der Waals surface area contributed by atoms with Crippen molar-refractivity contribution in [3.05, 3.63) is 77.9 Å². The summed E-state index contributed by atoms with van der Waals surface area (Å²) in [6, 6.07) is 21.2. The number of carbonyl (C=O) groups excluding carboxylic acids is 2. The number of hydrogen-bond donors (Lipinski definition) is 2. The number of aromatic nitrogens is 1. The van der Waals surface area contributed by atoms with Gasteiger partial charge in [0.25, 0.3) is 0 Å². The Balaban J connectivity index is 1.44. The molecule has 2 amide bonds. The van der Waals surface area contributed by atoms with Gasteiger partial charge in [-0.05, 0) is 72.9 Å². The topological polar surface area (TPSA) is 71.1 Å². The minimum absolute atomic E-state index is 0.286. The van der Waals surface area contributed by atoms with E-state index in [1.54, 1.807) is 23.5 Å². The summed E-state index contributed by atoms with van der Waals surface area (Å²) in [6.07, 6.45) is 0.944. The van der Waals surface area contributed by atoms with Crippen LogP contribution in [0.25, 0.3) is 20.8 Å². The summed E-state index contributed by atoms with van der Waals surface area (Å²) in [6.45, 7) is 6.25. The van der Waals surface area contributed by atoms with Gasteiger partial charge in [0.1, 0.15) is 5.01 Å². The number of nitrogens with one attached hydrogen (secondary N) is 2. The molecule has 1 aromatic heterocycles. The first kappa shape index (κ1) is 21.7. The Hall–Kier alpha value is -3.51. The molecule has 4 aromatic rings. The monoisotopic (exact) mass is 443 g/mol. The molecule has 4 rings (SSSR count). The van der Waals surface area contributed by atoms with Crippen molar-refractivity contribution in [3.8, 4) is 10.6 Å². The Labute approximate surface area is 191 Å². The Morgan fingerprint density at radius 1 is 0.969 bits per heavy atom. The van der Waals surface area contributed by atoms with Gasteiger partial charge in [-0.25, -0.2) is 4.98 Å². The number of rotatable bonds is 5. The molecule has 0 saturated heterocycles. The number of amides is 2. The van der Waals surface area contributed by atoms with Crippen LogP contribution >= 0.6 is 11.3 Å². The molecule has 0 bridgehead atoms. The van der Waals surface area contributed by atoms with Crippen molar-refractivity contribution in [3.63, 3.8) is 0 Å². The quantitative estimate of drug-likeness (QED) is 0.352. The van der Waals surface area contributed by atoms with Gasteiger partial charge in [0.2, 0.25) is 0 Å². The second-order valence-electron chi connectivity index (χ2n) is 7.87. The van der Waals surface area contributed by atoms with E-state index in [1.807, 2.05) is 42.5 Å². The summed E-state index contributed by atoms with van der Waals surface area (Å²) in [5, 5.41) is 6.33. The maximum Gasteiger partial charge on any atom is 0.314 e. The molecule has 0 aliphatic heterocycles. The molecule has 1 unspecified atom stereocenters. The first-order valence-electron chi connectivity index (χ1n) is 10.6. The van der Waals surface area contributed by atoms with Crippen molar-refractivity contribution < 1.29 is 9.59 Å². The van der Waals surface area contributed by atoms with Crippen LogP contribution in [-0.2, 0) is 9.59 Å². The first-order chi connectivity index (χ1) is 15.4. The maximum absolute atomic E-state index is 12.5. The SMILES string of the molecule is CCC(C)c1ccccc1NC(=O)C(=O)Nc1ccc(-c2nc3ccc(C)cc3s2)cc1. The smallest absolute Gasteiger partial charge is 0.314 e. The van der Waals surface area contributed by atoms with Gasteiger partial charge in [-0.2, -0.15) is 0 Å². The molecule has 0 fully saturated rings. The standard InChI is InChI=1S/C26H25N3O2S/c1-4-17(3)20-7-5-6-8-21(20)28-25(31)24(30)27-19-12-10-18(11-13-19)26-29-22-14-9-16(2)15-23(22)32-26/h5-15,17H,4H2,1-3H3,(H,27,30)(H,28,31). The van der Waals surface area contributed by atoms with E-state index in [-0.39, 0.29) is 5.92 Å². The van der Waals surface area contributed by atoms with Crippen LogP contribution in [0.4, 0.5) is 11.4 Å². The van der Waals surface area contributed by atoms with Crippen molar-refractivity contribution >= 4 is 44.7 Å². The number of carbonyl (C=O) groups is 2. The average molecular weight is 444 g/mol. The Morgan fingerprint density at radius 3 is 2.44 bits per heavy atom.